The highest BCUT2D eigenvalue weighted by molar-refractivity contribution is 5.94. The fourth-order valence-electron chi connectivity index (χ4n) is 2.50. The van der Waals surface area contributed by atoms with E-state index in [1.807, 2.05) is 19.1 Å². The zero-order valence-electron chi connectivity index (χ0n) is 12.6. The van der Waals surface area contributed by atoms with Crippen LogP contribution in [0.1, 0.15) is 33.6 Å². The Labute approximate surface area is 121 Å². The van der Waals surface area contributed by atoms with Crippen molar-refractivity contribution < 1.29 is 4.79 Å². The average molecular weight is 275 g/mol. The zero-order valence-corrected chi connectivity index (χ0v) is 12.6. The lowest BCUT2D eigenvalue weighted by atomic mass is 9.82. The van der Waals surface area contributed by atoms with Gasteiger partial charge in [0.05, 0.1) is 6.04 Å². The number of rotatable bonds is 3. The first kappa shape index (κ1) is 14.9. The molecule has 1 aromatic rings. The molecule has 2 rings (SSSR count). The van der Waals surface area contributed by atoms with Gasteiger partial charge in [-0.2, -0.15) is 0 Å². The highest BCUT2D eigenvalue weighted by Crippen LogP contribution is 2.30. The van der Waals surface area contributed by atoms with Gasteiger partial charge in [0.2, 0.25) is 5.91 Å². The van der Waals surface area contributed by atoms with Gasteiger partial charge in [-0.3, -0.25) is 9.69 Å². The van der Waals surface area contributed by atoms with Crippen molar-refractivity contribution in [3.63, 3.8) is 0 Å². The molecule has 1 aliphatic rings. The van der Waals surface area contributed by atoms with Gasteiger partial charge in [0.25, 0.3) is 0 Å². The highest BCUT2D eigenvalue weighted by Gasteiger charge is 2.30. The van der Waals surface area contributed by atoms with Crippen molar-refractivity contribution in [2.45, 2.75) is 39.7 Å². The van der Waals surface area contributed by atoms with E-state index in [2.05, 4.69) is 24.1 Å². The molecule has 0 aromatic heterocycles. The normalized spacial score (nSPS) is 20.4. The van der Waals surface area contributed by atoms with Crippen molar-refractivity contribution in [2.24, 2.45) is 5.41 Å². The molecular formula is C16H25N3O. The van der Waals surface area contributed by atoms with E-state index in [0.717, 1.165) is 31.6 Å². The molecule has 1 saturated heterocycles. The van der Waals surface area contributed by atoms with E-state index in [4.69, 9.17) is 5.73 Å². The summed E-state index contributed by atoms with van der Waals surface area (Å²) in [6.07, 6.45) is 2.29. The predicted molar refractivity (Wildman–Crippen MR) is 83.5 cm³/mol. The Bertz CT molecular complexity index is 457. The number of benzene rings is 1. The van der Waals surface area contributed by atoms with Crippen LogP contribution in [-0.4, -0.2) is 29.9 Å². The molecule has 110 valence electrons. The van der Waals surface area contributed by atoms with Crippen LogP contribution in [0.25, 0.3) is 0 Å². The predicted octanol–water partition coefficient (Wildman–Crippen LogP) is 2.72. The van der Waals surface area contributed by atoms with Crippen molar-refractivity contribution in [3.05, 3.63) is 24.3 Å². The number of amides is 1. The third kappa shape index (κ3) is 3.73. The van der Waals surface area contributed by atoms with Crippen LogP contribution in [0.3, 0.4) is 0 Å². The molecule has 1 amide bonds. The summed E-state index contributed by atoms with van der Waals surface area (Å²) in [5.41, 5.74) is 7.55. The maximum Gasteiger partial charge on any atom is 0.241 e. The van der Waals surface area contributed by atoms with Gasteiger partial charge in [-0.25, -0.2) is 0 Å². The monoisotopic (exact) mass is 275 g/mol. The van der Waals surface area contributed by atoms with Crippen molar-refractivity contribution >= 4 is 17.3 Å². The van der Waals surface area contributed by atoms with E-state index >= 15 is 0 Å². The second kappa shape index (κ2) is 5.83. The Kier molecular flexibility index (Phi) is 4.33. The molecule has 3 N–H and O–H groups in total. The standard InChI is InChI=1S/C16H25N3O/c1-12(19-10-8-16(2,3)9-11-19)15(20)18-14-6-4-13(17)5-7-14/h4-7,12H,8-11,17H2,1-3H3,(H,18,20). The first-order chi connectivity index (χ1) is 9.37. The van der Waals surface area contributed by atoms with E-state index in [1.165, 1.54) is 0 Å². The summed E-state index contributed by atoms with van der Waals surface area (Å²) in [5, 5.41) is 2.95. The molecule has 20 heavy (non-hydrogen) atoms. The summed E-state index contributed by atoms with van der Waals surface area (Å²) in [5.74, 6) is 0.0504. The summed E-state index contributed by atoms with van der Waals surface area (Å²) >= 11 is 0. The molecule has 1 heterocycles. The molecule has 4 heteroatoms. The van der Waals surface area contributed by atoms with Crippen LogP contribution in [0.15, 0.2) is 24.3 Å². The SMILES string of the molecule is CC(C(=O)Nc1ccc(N)cc1)N1CCC(C)(C)CC1. The van der Waals surface area contributed by atoms with Crippen LogP contribution < -0.4 is 11.1 Å². The van der Waals surface area contributed by atoms with E-state index in [9.17, 15) is 4.79 Å². The molecule has 0 bridgehead atoms. The van der Waals surface area contributed by atoms with Crippen LogP contribution in [0.2, 0.25) is 0 Å². The maximum absolute atomic E-state index is 12.3. The number of hydrogen-bond donors (Lipinski definition) is 2. The van der Waals surface area contributed by atoms with Crippen molar-refractivity contribution in [1.82, 2.24) is 4.90 Å². The largest absolute Gasteiger partial charge is 0.399 e. The van der Waals surface area contributed by atoms with Gasteiger partial charge in [-0.15, -0.1) is 0 Å². The second-order valence-electron chi connectivity index (χ2n) is 6.49. The molecule has 1 fully saturated rings. The number of nitrogen functional groups attached to an aromatic ring is 1. The molecule has 1 aromatic carbocycles. The van der Waals surface area contributed by atoms with Gasteiger partial charge >= 0.3 is 0 Å². The molecule has 0 radical (unpaired) electrons. The Morgan fingerprint density at radius 3 is 2.35 bits per heavy atom. The van der Waals surface area contributed by atoms with E-state index in [-0.39, 0.29) is 11.9 Å². The summed E-state index contributed by atoms with van der Waals surface area (Å²) in [6.45, 7) is 8.55. The third-order valence-electron chi connectivity index (χ3n) is 4.26. The number of piperidine rings is 1. The van der Waals surface area contributed by atoms with Gasteiger partial charge in [-0.05, 0) is 62.5 Å². The van der Waals surface area contributed by atoms with E-state index in [0.29, 0.717) is 11.1 Å². The van der Waals surface area contributed by atoms with Gasteiger partial charge in [0.15, 0.2) is 0 Å². The molecule has 1 atom stereocenters. The zero-order chi connectivity index (χ0) is 14.8. The van der Waals surface area contributed by atoms with Crippen LogP contribution in [0.4, 0.5) is 11.4 Å². The van der Waals surface area contributed by atoms with Crippen molar-refractivity contribution in [1.29, 1.82) is 0 Å². The van der Waals surface area contributed by atoms with Crippen LogP contribution in [0.5, 0.6) is 0 Å². The minimum Gasteiger partial charge on any atom is -0.399 e. The second-order valence-corrected chi connectivity index (χ2v) is 6.49. The average Bonchev–Trinajstić information content (AvgIpc) is 2.40. The highest BCUT2D eigenvalue weighted by atomic mass is 16.2. The molecule has 0 saturated carbocycles. The van der Waals surface area contributed by atoms with E-state index in [1.54, 1.807) is 12.1 Å². The summed E-state index contributed by atoms with van der Waals surface area (Å²) in [6, 6.07) is 7.16. The fourth-order valence-corrected chi connectivity index (χ4v) is 2.50. The minimum absolute atomic E-state index is 0.0504. The first-order valence-electron chi connectivity index (χ1n) is 7.28. The minimum atomic E-state index is -0.0938. The quantitative estimate of drug-likeness (QED) is 0.834. The molecular weight excluding hydrogens is 250 g/mol. The lowest BCUT2D eigenvalue weighted by Gasteiger charge is -2.39. The van der Waals surface area contributed by atoms with Gasteiger partial charge in [0.1, 0.15) is 0 Å². The smallest absolute Gasteiger partial charge is 0.241 e. The summed E-state index contributed by atoms with van der Waals surface area (Å²) in [4.78, 5) is 14.5. The number of anilines is 2. The Balaban J connectivity index is 1.90. The van der Waals surface area contributed by atoms with Crippen LogP contribution in [-0.2, 0) is 4.79 Å². The van der Waals surface area contributed by atoms with Crippen LogP contribution in [0, 0.1) is 5.41 Å². The number of nitrogens with one attached hydrogen (secondary N) is 1. The summed E-state index contributed by atoms with van der Waals surface area (Å²) in [7, 11) is 0. The first-order valence-corrected chi connectivity index (χ1v) is 7.28. The number of carbonyl (C=O) groups is 1. The molecule has 0 spiro atoms. The lowest BCUT2D eigenvalue weighted by molar-refractivity contribution is -0.121. The third-order valence-corrected chi connectivity index (χ3v) is 4.26. The number of carbonyl (C=O) groups excluding carboxylic acids is 1. The Morgan fingerprint density at radius 1 is 1.25 bits per heavy atom. The number of nitrogens with two attached hydrogens (primary N) is 1. The topological polar surface area (TPSA) is 58.4 Å². The fraction of sp³-hybridized carbons (Fsp3) is 0.562. The van der Waals surface area contributed by atoms with Gasteiger partial charge < -0.3 is 11.1 Å². The van der Waals surface area contributed by atoms with E-state index < -0.39 is 0 Å². The van der Waals surface area contributed by atoms with Crippen molar-refractivity contribution in [3.8, 4) is 0 Å². The van der Waals surface area contributed by atoms with Gasteiger partial charge in [-0.1, -0.05) is 13.8 Å². The Hall–Kier alpha value is -1.55. The van der Waals surface area contributed by atoms with Crippen molar-refractivity contribution in [2.75, 3.05) is 24.1 Å². The molecule has 1 unspecified atom stereocenters. The molecule has 1 aliphatic heterocycles. The molecule has 4 nitrogen and oxygen atoms in total. The summed E-state index contributed by atoms with van der Waals surface area (Å²) < 4.78 is 0. The van der Waals surface area contributed by atoms with Gasteiger partial charge in [0, 0.05) is 11.4 Å². The number of hydrogen-bond acceptors (Lipinski definition) is 3. The Morgan fingerprint density at radius 2 is 1.80 bits per heavy atom. The van der Waals surface area contributed by atoms with Crippen LogP contribution >= 0.6 is 0 Å². The maximum atomic E-state index is 12.3. The molecule has 0 aliphatic carbocycles. The lowest BCUT2D eigenvalue weighted by Crippen LogP contribution is -2.47. The number of nitrogens with zero attached hydrogens (tertiary/aromatic N) is 1. The number of likely N-dealkylation sites (tertiary alicyclic amines) is 1.